The average molecular weight is 519 g/mol. The summed E-state index contributed by atoms with van der Waals surface area (Å²) in [6.07, 6.45) is 24.0. The van der Waals surface area contributed by atoms with Gasteiger partial charge in [0.15, 0.2) is 6.10 Å². The highest BCUT2D eigenvalue weighted by molar-refractivity contribution is 5.88. The summed E-state index contributed by atoms with van der Waals surface area (Å²) in [4.78, 5) is 36.2. The van der Waals surface area contributed by atoms with E-state index in [0.717, 1.165) is 44.9 Å². The quantitative estimate of drug-likeness (QED) is 0.0508. The molecule has 0 aliphatic heterocycles. The van der Waals surface area contributed by atoms with E-state index in [4.69, 9.17) is 14.2 Å². The van der Waals surface area contributed by atoms with Crippen molar-refractivity contribution in [1.29, 1.82) is 0 Å². The van der Waals surface area contributed by atoms with Crippen molar-refractivity contribution < 1.29 is 28.6 Å². The molecule has 210 valence electrons. The first-order chi connectivity index (χ1) is 17.8. The number of carbonyl (C=O) groups excluding carboxylic acids is 3. The fraction of sp³-hybridized carbons (Fsp3) is 0.645. The summed E-state index contributed by atoms with van der Waals surface area (Å²) in [6.45, 7) is 8.63. The van der Waals surface area contributed by atoms with Gasteiger partial charge in [0.25, 0.3) is 0 Å². The van der Waals surface area contributed by atoms with Crippen LogP contribution >= 0.6 is 0 Å². The molecule has 0 fully saturated rings. The van der Waals surface area contributed by atoms with E-state index in [9.17, 15) is 14.4 Å². The Morgan fingerprint density at radius 2 is 1.22 bits per heavy atom. The zero-order valence-electron chi connectivity index (χ0n) is 23.9. The van der Waals surface area contributed by atoms with E-state index < -0.39 is 18.0 Å². The summed E-state index contributed by atoms with van der Waals surface area (Å²) in [6, 6.07) is 0. The van der Waals surface area contributed by atoms with Crippen LogP contribution in [0, 0.1) is 0 Å². The van der Waals surface area contributed by atoms with Crippen molar-refractivity contribution in [2.24, 2.45) is 0 Å². The van der Waals surface area contributed by atoms with Gasteiger partial charge in [0.05, 0.1) is 0 Å². The molecule has 0 N–H and O–H groups in total. The zero-order valence-corrected chi connectivity index (χ0v) is 23.9. The number of carbonyl (C=O) groups is 3. The van der Waals surface area contributed by atoms with Gasteiger partial charge in [-0.3, -0.25) is 4.79 Å². The molecule has 0 aromatic heterocycles. The van der Waals surface area contributed by atoms with Gasteiger partial charge in [-0.2, -0.15) is 0 Å². The highest BCUT2D eigenvalue weighted by atomic mass is 16.6. The predicted octanol–water partition coefficient (Wildman–Crippen LogP) is 7.73. The lowest BCUT2D eigenvalue weighted by Gasteiger charge is -2.18. The van der Waals surface area contributed by atoms with Gasteiger partial charge in [-0.05, 0) is 66.2 Å². The second kappa shape index (κ2) is 23.7. The first-order valence-corrected chi connectivity index (χ1v) is 13.9. The Hall–Kier alpha value is -2.63. The third kappa shape index (κ3) is 20.1. The van der Waals surface area contributed by atoms with Crippen molar-refractivity contribution in [2.45, 2.75) is 118 Å². The highest BCUT2D eigenvalue weighted by Gasteiger charge is 2.20. The molecule has 0 radical (unpaired) electrons. The Kier molecular flexibility index (Phi) is 22.1. The molecule has 0 bridgehead atoms. The molecule has 0 spiro atoms. The van der Waals surface area contributed by atoms with Gasteiger partial charge in [-0.25, -0.2) is 9.59 Å². The largest absolute Gasteiger partial charge is 0.462 e. The van der Waals surface area contributed by atoms with Crippen LogP contribution in [0.5, 0.6) is 0 Å². The van der Waals surface area contributed by atoms with Crippen LogP contribution in [0.4, 0.5) is 0 Å². The van der Waals surface area contributed by atoms with E-state index in [2.05, 4.69) is 31.2 Å². The molecule has 1 atom stereocenters. The number of hydrogen-bond donors (Lipinski definition) is 0. The molecular weight excluding hydrogens is 468 g/mol. The Balaban J connectivity index is 4.10. The zero-order chi connectivity index (χ0) is 27.7. The molecule has 37 heavy (non-hydrogen) atoms. The van der Waals surface area contributed by atoms with Gasteiger partial charge >= 0.3 is 17.9 Å². The third-order valence-corrected chi connectivity index (χ3v) is 5.95. The van der Waals surface area contributed by atoms with Crippen molar-refractivity contribution in [3.05, 3.63) is 47.6 Å². The molecule has 6 heteroatoms. The van der Waals surface area contributed by atoms with E-state index >= 15 is 0 Å². The van der Waals surface area contributed by atoms with Crippen LogP contribution in [-0.4, -0.2) is 37.2 Å². The summed E-state index contributed by atoms with van der Waals surface area (Å²) < 4.78 is 15.8. The van der Waals surface area contributed by atoms with Gasteiger partial charge in [-0.15, -0.1) is 0 Å². The average Bonchev–Trinajstić information content (AvgIpc) is 2.90. The fourth-order valence-corrected chi connectivity index (χ4v) is 3.22. The minimum Gasteiger partial charge on any atom is -0.462 e. The van der Waals surface area contributed by atoms with Gasteiger partial charge in [0.1, 0.15) is 13.2 Å². The highest BCUT2D eigenvalue weighted by Crippen LogP contribution is 2.10. The van der Waals surface area contributed by atoms with Gasteiger partial charge in [-0.1, -0.05) is 75.5 Å². The van der Waals surface area contributed by atoms with E-state index in [1.54, 1.807) is 39.8 Å². The van der Waals surface area contributed by atoms with Crippen molar-refractivity contribution in [3.63, 3.8) is 0 Å². The number of hydrogen-bond acceptors (Lipinski definition) is 6. The number of unbranched alkanes of at least 4 members (excludes halogenated alkanes) is 8. The Labute approximate surface area is 225 Å². The molecular formula is C31H50O6. The second-order valence-corrected chi connectivity index (χ2v) is 9.23. The Morgan fingerprint density at radius 3 is 1.84 bits per heavy atom. The second-order valence-electron chi connectivity index (χ2n) is 9.23. The lowest BCUT2D eigenvalue weighted by atomic mass is 10.1. The van der Waals surface area contributed by atoms with Crippen molar-refractivity contribution in [2.75, 3.05) is 13.2 Å². The van der Waals surface area contributed by atoms with E-state index in [0.29, 0.717) is 17.6 Å². The molecule has 0 aromatic carbocycles. The van der Waals surface area contributed by atoms with Crippen LogP contribution in [0.25, 0.3) is 0 Å². The lowest BCUT2D eigenvalue weighted by molar-refractivity contribution is -0.163. The monoisotopic (exact) mass is 518 g/mol. The maximum atomic E-state index is 12.1. The summed E-state index contributed by atoms with van der Waals surface area (Å²) in [5, 5.41) is 0. The molecule has 0 unspecified atom stereocenters. The van der Waals surface area contributed by atoms with Crippen molar-refractivity contribution in [3.8, 4) is 0 Å². The molecule has 0 rings (SSSR count). The van der Waals surface area contributed by atoms with Crippen LogP contribution in [0.15, 0.2) is 47.6 Å². The van der Waals surface area contributed by atoms with Gasteiger partial charge in [0, 0.05) is 17.6 Å². The van der Waals surface area contributed by atoms with Crippen LogP contribution in [0.3, 0.4) is 0 Å². The molecule has 0 saturated heterocycles. The van der Waals surface area contributed by atoms with Crippen LogP contribution in [0.1, 0.15) is 112 Å². The molecule has 0 saturated carbocycles. The summed E-state index contributed by atoms with van der Waals surface area (Å²) in [5.41, 5.74) is 0.880. The van der Waals surface area contributed by atoms with E-state index in [-0.39, 0.29) is 19.2 Å². The summed E-state index contributed by atoms with van der Waals surface area (Å²) >= 11 is 0. The molecule has 0 aliphatic carbocycles. The van der Waals surface area contributed by atoms with E-state index in [1.807, 2.05) is 0 Å². The number of rotatable bonds is 21. The fourth-order valence-electron chi connectivity index (χ4n) is 3.22. The molecule has 0 heterocycles. The van der Waals surface area contributed by atoms with Gasteiger partial charge < -0.3 is 14.2 Å². The molecule has 6 nitrogen and oxygen atoms in total. The minimum absolute atomic E-state index is 0.149. The third-order valence-electron chi connectivity index (χ3n) is 5.95. The molecule has 0 aliphatic rings. The standard InChI is InChI=1S/C31H50O6/c1-6-9-10-11-12-13-14-15-16-17-18-19-20-21-22-23-29(32)35-24-28(37-31(34)27(5)8-3)25-36-30(33)26(4)7-2/h7-8,12-13,15-16,28H,6,9-11,14,17-25H2,1-5H3/b13-12-,16-15-,26-7+,27-8+/t28-/m1/s1. The van der Waals surface area contributed by atoms with Crippen LogP contribution in [0.2, 0.25) is 0 Å². The molecule has 0 aromatic rings. The lowest BCUT2D eigenvalue weighted by Crippen LogP contribution is -2.31. The van der Waals surface area contributed by atoms with Crippen molar-refractivity contribution >= 4 is 17.9 Å². The van der Waals surface area contributed by atoms with E-state index in [1.165, 1.54) is 25.7 Å². The number of esters is 3. The molecule has 0 amide bonds. The maximum Gasteiger partial charge on any atom is 0.333 e. The Morgan fingerprint density at radius 1 is 0.676 bits per heavy atom. The summed E-state index contributed by atoms with van der Waals surface area (Å²) in [5.74, 6) is -1.37. The first-order valence-electron chi connectivity index (χ1n) is 13.9. The number of allylic oxidation sites excluding steroid dienone is 6. The summed E-state index contributed by atoms with van der Waals surface area (Å²) in [7, 11) is 0. The first kappa shape index (κ1) is 34.4. The van der Waals surface area contributed by atoms with Crippen LogP contribution in [-0.2, 0) is 28.6 Å². The minimum atomic E-state index is -0.857. The van der Waals surface area contributed by atoms with Crippen molar-refractivity contribution in [1.82, 2.24) is 0 Å². The Bertz CT molecular complexity index is 760. The smallest absolute Gasteiger partial charge is 0.333 e. The predicted molar refractivity (Wildman–Crippen MR) is 150 cm³/mol. The van der Waals surface area contributed by atoms with Gasteiger partial charge in [0.2, 0.25) is 0 Å². The van der Waals surface area contributed by atoms with Crippen LogP contribution < -0.4 is 0 Å². The topological polar surface area (TPSA) is 78.9 Å². The number of ether oxygens (including phenoxy) is 3. The maximum absolute atomic E-state index is 12.1. The SMILES string of the molecule is C/C=C(\C)C(=O)OC[C@@H](COC(=O)CCCCCCC/C=C\C/C=C\CCCCC)OC(=O)/C(C)=C/C. The normalized spacial score (nSPS) is 13.2.